The molecule has 102 valence electrons. The van der Waals surface area contributed by atoms with Crippen molar-refractivity contribution in [1.82, 2.24) is 4.98 Å². The number of aromatic amines is 1. The SMILES string of the molecule is Cc1ccc(C=CC(=O)O)cc1NC(=O)c1ccc[nH]1. The molecular weight excluding hydrogens is 256 g/mol. The van der Waals surface area contributed by atoms with Crippen LogP contribution in [0.3, 0.4) is 0 Å². The zero-order chi connectivity index (χ0) is 14.5. The largest absolute Gasteiger partial charge is 0.478 e. The zero-order valence-corrected chi connectivity index (χ0v) is 10.9. The summed E-state index contributed by atoms with van der Waals surface area (Å²) >= 11 is 0. The molecule has 3 N–H and O–H groups in total. The highest BCUT2D eigenvalue weighted by Crippen LogP contribution is 2.18. The summed E-state index contributed by atoms with van der Waals surface area (Å²) in [5.41, 5.74) is 2.73. The molecule has 0 unspecified atom stereocenters. The van der Waals surface area contributed by atoms with Gasteiger partial charge in [0.1, 0.15) is 5.69 Å². The van der Waals surface area contributed by atoms with E-state index in [9.17, 15) is 9.59 Å². The quantitative estimate of drug-likeness (QED) is 0.747. The standard InChI is InChI=1S/C15H14N2O3/c1-10-4-5-11(6-7-14(18)19)9-13(10)17-15(20)12-3-2-8-16-12/h2-9,16H,1H3,(H,17,20)(H,18,19). The Morgan fingerprint density at radius 3 is 2.75 bits per heavy atom. The number of carbonyl (C=O) groups excluding carboxylic acids is 1. The number of anilines is 1. The summed E-state index contributed by atoms with van der Waals surface area (Å²) in [6.07, 6.45) is 4.21. The van der Waals surface area contributed by atoms with E-state index in [1.165, 1.54) is 6.08 Å². The predicted octanol–water partition coefficient (Wildman–Crippen LogP) is 2.67. The minimum absolute atomic E-state index is 0.238. The van der Waals surface area contributed by atoms with Gasteiger partial charge in [-0.3, -0.25) is 4.79 Å². The van der Waals surface area contributed by atoms with Gasteiger partial charge in [0.05, 0.1) is 0 Å². The van der Waals surface area contributed by atoms with Gasteiger partial charge in [-0.2, -0.15) is 0 Å². The smallest absolute Gasteiger partial charge is 0.328 e. The Morgan fingerprint density at radius 2 is 2.10 bits per heavy atom. The fraction of sp³-hybridized carbons (Fsp3) is 0.0667. The number of carbonyl (C=O) groups is 2. The molecule has 0 saturated carbocycles. The first-order valence-corrected chi connectivity index (χ1v) is 6.02. The maximum atomic E-state index is 12.0. The summed E-state index contributed by atoms with van der Waals surface area (Å²) in [5.74, 6) is -1.25. The molecule has 0 fully saturated rings. The van der Waals surface area contributed by atoms with Crippen LogP contribution < -0.4 is 5.32 Å². The van der Waals surface area contributed by atoms with Crippen LogP contribution in [0.25, 0.3) is 6.08 Å². The zero-order valence-electron chi connectivity index (χ0n) is 10.9. The molecule has 0 aliphatic rings. The van der Waals surface area contributed by atoms with E-state index in [0.29, 0.717) is 16.9 Å². The van der Waals surface area contributed by atoms with Gasteiger partial charge in [0, 0.05) is 18.0 Å². The van der Waals surface area contributed by atoms with Gasteiger partial charge in [-0.1, -0.05) is 12.1 Å². The Balaban J connectivity index is 2.20. The molecule has 20 heavy (non-hydrogen) atoms. The topological polar surface area (TPSA) is 82.2 Å². The Kier molecular flexibility index (Phi) is 4.00. The summed E-state index contributed by atoms with van der Waals surface area (Å²) in [5, 5.41) is 11.4. The maximum Gasteiger partial charge on any atom is 0.328 e. The Labute approximate surface area is 115 Å². The van der Waals surface area contributed by atoms with E-state index < -0.39 is 5.97 Å². The number of rotatable bonds is 4. The summed E-state index contributed by atoms with van der Waals surface area (Å²) in [6.45, 7) is 1.87. The summed E-state index contributed by atoms with van der Waals surface area (Å²) in [6, 6.07) is 8.77. The van der Waals surface area contributed by atoms with Gasteiger partial charge in [0.2, 0.25) is 0 Å². The van der Waals surface area contributed by atoms with Crippen LogP contribution in [0.15, 0.2) is 42.6 Å². The van der Waals surface area contributed by atoms with Crippen molar-refractivity contribution >= 4 is 23.6 Å². The van der Waals surface area contributed by atoms with Crippen molar-refractivity contribution in [1.29, 1.82) is 0 Å². The number of amides is 1. The lowest BCUT2D eigenvalue weighted by atomic mass is 10.1. The van der Waals surface area contributed by atoms with Gasteiger partial charge in [-0.25, -0.2) is 4.79 Å². The number of hydrogen-bond acceptors (Lipinski definition) is 2. The molecule has 0 atom stereocenters. The van der Waals surface area contributed by atoms with Crippen LogP contribution in [0.1, 0.15) is 21.6 Å². The van der Waals surface area contributed by atoms with Gasteiger partial charge in [0.25, 0.3) is 5.91 Å². The summed E-state index contributed by atoms with van der Waals surface area (Å²) < 4.78 is 0. The number of hydrogen-bond donors (Lipinski definition) is 3. The van der Waals surface area contributed by atoms with E-state index in [4.69, 9.17) is 5.11 Å². The van der Waals surface area contributed by atoms with E-state index in [1.54, 1.807) is 30.5 Å². The third kappa shape index (κ3) is 3.35. The number of aromatic nitrogens is 1. The highest BCUT2D eigenvalue weighted by Gasteiger charge is 2.08. The summed E-state index contributed by atoms with van der Waals surface area (Å²) in [7, 11) is 0. The number of carboxylic acid groups (broad SMARTS) is 1. The maximum absolute atomic E-state index is 12.0. The fourth-order valence-electron chi connectivity index (χ4n) is 1.71. The molecule has 1 aromatic carbocycles. The van der Waals surface area contributed by atoms with Crippen LogP contribution in [0.4, 0.5) is 5.69 Å². The first kappa shape index (κ1) is 13.6. The second-order valence-electron chi connectivity index (χ2n) is 4.28. The lowest BCUT2D eigenvalue weighted by Crippen LogP contribution is -2.13. The minimum atomic E-state index is -1.01. The van der Waals surface area contributed by atoms with Crippen molar-refractivity contribution in [2.45, 2.75) is 6.92 Å². The molecule has 1 amide bonds. The average Bonchev–Trinajstić information content (AvgIpc) is 2.93. The summed E-state index contributed by atoms with van der Waals surface area (Å²) in [4.78, 5) is 25.3. The van der Waals surface area contributed by atoms with Gasteiger partial charge in [0.15, 0.2) is 0 Å². The van der Waals surface area contributed by atoms with Crippen molar-refractivity contribution < 1.29 is 14.7 Å². The van der Waals surface area contributed by atoms with Crippen LogP contribution in [-0.4, -0.2) is 22.0 Å². The molecule has 0 saturated heterocycles. The third-order valence-corrected chi connectivity index (χ3v) is 2.77. The second kappa shape index (κ2) is 5.88. The van der Waals surface area contributed by atoms with Gasteiger partial charge in [-0.05, 0) is 42.3 Å². The number of H-pyrrole nitrogens is 1. The Morgan fingerprint density at radius 1 is 1.30 bits per heavy atom. The number of benzene rings is 1. The fourth-order valence-corrected chi connectivity index (χ4v) is 1.71. The number of aryl methyl sites for hydroxylation is 1. The van der Waals surface area contributed by atoms with Crippen LogP contribution in [0.5, 0.6) is 0 Å². The predicted molar refractivity (Wildman–Crippen MR) is 76.6 cm³/mol. The van der Waals surface area contributed by atoms with Crippen LogP contribution in [-0.2, 0) is 4.79 Å². The van der Waals surface area contributed by atoms with Crippen molar-refractivity contribution in [3.05, 3.63) is 59.4 Å². The number of aliphatic carboxylic acids is 1. The molecule has 1 aromatic heterocycles. The number of nitrogens with one attached hydrogen (secondary N) is 2. The Hall–Kier alpha value is -2.82. The molecule has 0 aliphatic carbocycles. The van der Waals surface area contributed by atoms with E-state index >= 15 is 0 Å². The Bertz CT molecular complexity index is 658. The van der Waals surface area contributed by atoms with E-state index in [0.717, 1.165) is 11.6 Å². The van der Waals surface area contributed by atoms with Crippen LogP contribution in [0, 0.1) is 6.92 Å². The van der Waals surface area contributed by atoms with E-state index in [1.807, 2.05) is 13.0 Å². The van der Waals surface area contributed by atoms with Crippen LogP contribution in [0.2, 0.25) is 0 Å². The first-order valence-electron chi connectivity index (χ1n) is 6.02. The average molecular weight is 270 g/mol. The lowest BCUT2D eigenvalue weighted by molar-refractivity contribution is -0.131. The molecule has 0 radical (unpaired) electrons. The van der Waals surface area contributed by atoms with Crippen molar-refractivity contribution in [3.8, 4) is 0 Å². The normalized spacial score (nSPS) is 10.7. The highest BCUT2D eigenvalue weighted by atomic mass is 16.4. The molecule has 2 rings (SSSR count). The van der Waals surface area contributed by atoms with Crippen molar-refractivity contribution in [2.75, 3.05) is 5.32 Å². The molecule has 0 spiro atoms. The van der Waals surface area contributed by atoms with Crippen molar-refractivity contribution in [2.24, 2.45) is 0 Å². The van der Waals surface area contributed by atoms with Gasteiger partial charge >= 0.3 is 5.97 Å². The first-order chi connectivity index (χ1) is 9.56. The molecule has 5 nitrogen and oxygen atoms in total. The molecule has 1 heterocycles. The molecule has 0 aliphatic heterocycles. The van der Waals surface area contributed by atoms with Crippen molar-refractivity contribution in [3.63, 3.8) is 0 Å². The van der Waals surface area contributed by atoms with Gasteiger partial charge in [-0.15, -0.1) is 0 Å². The van der Waals surface area contributed by atoms with E-state index in [2.05, 4.69) is 10.3 Å². The lowest BCUT2D eigenvalue weighted by Gasteiger charge is -2.08. The molecular formula is C15H14N2O3. The molecule has 5 heteroatoms. The molecule has 2 aromatic rings. The monoisotopic (exact) mass is 270 g/mol. The molecule has 0 bridgehead atoms. The van der Waals surface area contributed by atoms with E-state index in [-0.39, 0.29) is 5.91 Å². The minimum Gasteiger partial charge on any atom is -0.478 e. The van der Waals surface area contributed by atoms with Crippen LogP contribution >= 0.6 is 0 Å². The number of carboxylic acids is 1. The highest BCUT2D eigenvalue weighted by molar-refractivity contribution is 6.03. The second-order valence-corrected chi connectivity index (χ2v) is 4.28. The third-order valence-electron chi connectivity index (χ3n) is 2.77. The van der Waals surface area contributed by atoms with Gasteiger partial charge < -0.3 is 15.4 Å².